The first kappa shape index (κ1) is 20.3. The minimum Gasteiger partial charge on any atom is -0.337 e. The van der Waals surface area contributed by atoms with Gasteiger partial charge in [-0.25, -0.2) is 0 Å². The molecule has 148 valence electrons. The van der Waals surface area contributed by atoms with Gasteiger partial charge in [0.05, 0.1) is 11.1 Å². The van der Waals surface area contributed by atoms with Gasteiger partial charge in [0, 0.05) is 31.7 Å². The largest absolute Gasteiger partial charge is 0.337 e. The average Bonchev–Trinajstić information content (AvgIpc) is 2.70. The predicted octanol–water partition coefficient (Wildman–Crippen LogP) is 4.53. The number of nitrogens with one attached hydrogen (secondary N) is 1. The van der Waals surface area contributed by atoms with E-state index in [1.807, 2.05) is 63.2 Å². The topological polar surface area (TPSA) is 62.3 Å². The van der Waals surface area contributed by atoms with Crippen LogP contribution in [0.1, 0.15) is 43.0 Å². The smallest absolute Gasteiger partial charge is 0.257 e. The van der Waals surface area contributed by atoms with Gasteiger partial charge in [-0.05, 0) is 43.5 Å². The van der Waals surface area contributed by atoms with E-state index >= 15 is 0 Å². The second-order valence-corrected chi connectivity index (χ2v) is 7.34. The Labute approximate surface area is 171 Å². The molecule has 1 heterocycles. The van der Waals surface area contributed by atoms with E-state index in [0.29, 0.717) is 17.7 Å². The van der Waals surface area contributed by atoms with E-state index in [0.717, 1.165) is 27.9 Å². The molecule has 2 amide bonds. The molecule has 0 fully saturated rings. The van der Waals surface area contributed by atoms with Crippen molar-refractivity contribution in [2.75, 3.05) is 12.4 Å². The van der Waals surface area contributed by atoms with Crippen LogP contribution in [0.2, 0.25) is 0 Å². The molecule has 29 heavy (non-hydrogen) atoms. The lowest BCUT2D eigenvalue weighted by Crippen LogP contribution is -2.26. The first-order chi connectivity index (χ1) is 13.8. The summed E-state index contributed by atoms with van der Waals surface area (Å²) in [5, 5.41) is 2.95. The molecule has 1 aromatic heterocycles. The lowest BCUT2D eigenvalue weighted by Gasteiger charge is -2.17. The minimum atomic E-state index is -0.284. The summed E-state index contributed by atoms with van der Waals surface area (Å²) in [6.07, 6.45) is 2.96. The molecule has 3 rings (SSSR count). The number of hydrogen-bond acceptors (Lipinski definition) is 3. The van der Waals surface area contributed by atoms with Gasteiger partial charge in [-0.15, -0.1) is 0 Å². The van der Waals surface area contributed by atoms with Gasteiger partial charge in [-0.3, -0.25) is 14.6 Å². The van der Waals surface area contributed by atoms with Crippen molar-refractivity contribution < 1.29 is 9.59 Å². The molecule has 0 saturated carbocycles. The summed E-state index contributed by atoms with van der Waals surface area (Å²) in [6, 6.07) is 15.4. The Morgan fingerprint density at radius 3 is 2.21 bits per heavy atom. The molecule has 0 bridgehead atoms. The first-order valence-electron chi connectivity index (χ1n) is 9.49. The van der Waals surface area contributed by atoms with Crippen molar-refractivity contribution in [3.8, 4) is 0 Å². The molecule has 5 nitrogen and oxygen atoms in total. The fraction of sp³-hybridized carbons (Fsp3) is 0.208. The van der Waals surface area contributed by atoms with Crippen LogP contribution in [0.25, 0.3) is 0 Å². The Kier molecular flexibility index (Phi) is 6.07. The number of anilines is 1. The number of amides is 2. The van der Waals surface area contributed by atoms with Crippen molar-refractivity contribution >= 4 is 17.5 Å². The molecule has 2 aromatic carbocycles. The van der Waals surface area contributed by atoms with E-state index in [-0.39, 0.29) is 11.8 Å². The number of nitrogens with zero attached hydrogens (tertiary/aromatic N) is 2. The van der Waals surface area contributed by atoms with Crippen LogP contribution in [0.15, 0.2) is 60.9 Å². The highest BCUT2D eigenvalue weighted by Gasteiger charge is 2.16. The fourth-order valence-corrected chi connectivity index (χ4v) is 3.39. The Morgan fingerprint density at radius 1 is 0.931 bits per heavy atom. The zero-order valence-corrected chi connectivity index (χ0v) is 17.2. The van der Waals surface area contributed by atoms with Crippen LogP contribution in [0.4, 0.5) is 5.69 Å². The number of carbonyl (C=O) groups excluding carboxylic acids is 2. The number of rotatable bonds is 5. The number of benzene rings is 2. The highest BCUT2D eigenvalue weighted by molar-refractivity contribution is 6.06. The molecule has 0 saturated heterocycles. The number of aromatic nitrogens is 1. The third-order valence-electron chi connectivity index (χ3n) is 4.77. The van der Waals surface area contributed by atoms with Crippen LogP contribution in [0.3, 0.4) is 0 Å². The van der Waals surface area contributed by atoms with Crippen LogP contribution in [-0.4, -0.2) is 28.7 Å². The van der Waals surface area contributed by atoms with Gasteiger partial charge in [0.15, 0.2) is 0 Å². The summed E-state index contributed by atoms with van der Waals surface area (Å²) in [6.45, 7) is 6.44. The lowest BCUT2D eigenvalue weighted by atomic mass is 10.0. The fourth-order valence-electron chi connectivity index (χ4n) is 3.39. The summed E-state index contributed by atoms with van der Waals surface area (Å²) in [7, 11) is 1.74. The molecule has 1 N–H and O–H groups in total. The summed E-state index contributed by atoms with van der Waals surface area (Å²) >= 11 is 0. The summed E-state index contributed by atoms with van der Waals surface area (Å²) in [5.41, 5.74) is 5.71. The zero-order chi connectivity index (χ0) is 21.0. The summed E-state index contributed by atoms with van der Waals surface area (Å²) in [5.74, 6) is -0.466. The van der Waals surface area contributed by atoms with Gasteiger partial charge in [0.25, 0.3) is 11.8 Å². The Hall–Kier alpha value is -3.47. The van der Waals surface area contributed by atoms with E-state index in [2.05, 4.69) is 10.3 Å². The molecule has 3 aromatic rings. The van der Waals surface area contributed by atoms with Gasteiger partial charge >= 0.3 is 0 Å². The van der Waals surface area contributed by atoms with E-state index < -0.39 is 0 Å². The summed E-state index contributed by atoms with van der Waals surface area (Å²) in [4.78, 5) is 31.3. The molecule has 0 atom stereocenters. The zero-order valence-electron chi connectivity index (χ0n) is 17.2. The Bertz CT molecular complexity index is 1020. The third kappa shape index (κ3) is 4.88. The second kappa shape index (κ2) is 8.69. The molecule has 0 aliphatic heterocycles. The van der Waals surface area contributed by atoms with E-state index in [1.54, 1.807) is 18.0 Å². The van der Waals surface area contributed by atoms with Crippen molar-refractivity contribution in [1.29, 1.82) is 0 Å². The van der Waals surface area contributed by atoms with Crippen LogP contribution >= 0.6 is 0 Å². The highest BCUT2D eigenvalue weighted by atomic mass is 16.2. The molecular formula is C24H25N3O2. The maximum atomic E-state index is 12.8. The lowest BCUT2D eigenvalue weighted by molar-refractivity contribution is 0.0784. The first-order valence-corrected chi connectivity index (χ1v) is 9.49. The van der Waals surface area contributed by atoms with Crippen molar-refractivity contribution in [1.82, 2.24) is 9.88 Å². The molecule has 0 spiro atoms. The molecule has 0 unspecified atom stereocenters. The van der Waals surface area contributed by atoms with Crippen molar-refractivity contribution in [2.45, 2.75) is 27.3 Å². The minimum absolute atomic E-state index is 0.182. The van der Waals surface area contributed by atoms with Gasteiger partial charge in [-0.2, -0.15) is 0 Å². The van der Waals surface area contributed by atoms with Gasteiger partial charge in [-0.1, -0.05) is 48.0 Å². The van der Waals surface area contributed by atoms with Crippen LogP contribution in [0, 0.1) is 20.8 Å². The maximum Gasteiger partial charge on any atom is 0.257 e. The Morgan fingerprint density at radius 2 is 1.55 bits per heavy atom. The van der Waals surface area contributed by atoms with Crippen molar-refractivity contribution in [2.24, 2.45) is 0 Å². The van der Waals surface area contributed by atoms with Gasteiger partial charge in [0.1, 0.15) is 0 Å². The Balaban J connectivity index is 1.76. The quantitative estimate of drug-likeness (QED) is 0.700. The average molecular weight is 387 g/mol. The van der Waals surface area contributed by atoms with Gasteiger partial charge < -0.3 is 10.2 Å². The van der Waals surface area contributed by atoms with E-state index in [4.69, 9.17) is 0 Å². The van der Waals surface area contributed by atoms with Crippen LogP contribution in [-0.2, 0) is 6.54 Å². The number of hydrogen-bond donors (Lipinski definition) is 1. The molecule has 0 radical (unpaired) electrons. The van der Waals surface area contributed by atoms with Crippen LogP contribution in [0.5, 0.6) is 0 Å². The number of carbonyl (C=O) groups is 2. The monoisotopic (exact) mass is 387 g/mol. The highest BCUT2D eigenvalue weighted by Crippen LogP contribution is 2.22. The number of pyridine rings is 1. The van der Waals surface area contributed by atoms with Gasteiger partial charge in [0.2, 0.25) is 0 Å². The van der Waals surface area contributed by atoms with E-state index in [9.17, 15) is 9.59 Å². The van der Waals surface area contributed by atoms with E-state index in [1.165, 1.54) is 12.4 Å². The number of aryl methyl sites for hydroxylation is 3. The van der Waals surface area contributed by atoms with Crippen molar-refractivity contribution in [3.63, 3.8) is 0 Å². The standard InChI is InChI=1S/C24H25N3O2/c1-16-10-17(2)22(18(3)11-16)26-23(28)20-12-21(14-25-13-20)24(29)27(4)15-19-8-6-5-7-9-19/h5-14H,15H2,1-4H3,(H,26,28). The third-order valence-corrected chi connectivity index (χ3v) is 4.77. The molecule has 0 aliphatic carbocycles. The molecule has 0 aliphatic rings. The SMILES string of the molecule is Cc1cc(C)c(NC(=O)c2cncc(C(=O)N(C)Cc3ccccc3)c2)c(C)c1. The normalized spacial score (nSPS) is 10.5. The van der Waals surface area contributed by atoms with Crippen LogP contribution < -0.4 is 5.32 Å². The molecule has 5 heteroatoms. The summed E-state index contributed by atoms with van der Waals surface area (Å²) < 4.78 is 0. The maximum absolute atomic E-state index is 12.8. The molecular weight excluding hydrogens is 362 g/mol. The second-order valence-electron chi connectivity index (χ2n) is 7.34. The predicted molar refractivity (Wildman–Crippen MR) is 115 cm³/mol. The van der Waals surface area contributed by atoms with Crippen molar-refractivity contribution in [3.05, 3.63) is 94.3 Å².